The maximum absolute atomic E-state index is 12.9. The van der Waals surface area contributed by atoms with Crippen LogP contribution in [0.1, 0.15) is 48.0 Å². The molecule has 3 saturated heterocycles. The quantitative estimate of drug-likeness (QED) is 0.859. The molecule has 24 heavy (non-hydrogen) atoms. The van der Waals surface area contributed by atoms with Crippen LogP contribution in [0.5, 0.6) is 0 Å². The summed E-state index contributed by atoms with van der Waals surface area (Å²) >= 11 is 0. The van der Waals surface area contributed by atoms with Crippen molar-refractivity contribution in [3.8, 4) is 6.07 Å². The molecule has 3 heterocycles. The van der Waals surface area contributed by atoms with E-state index in [1.165, 1.54) is 38.6 Å². The van der Waals surface area contributed by atoms with Crippen molar-refractivity contribution in [1.82, 2.24) is 9.80 Å². The zero-order valence-corrected chi connectivity index (χ0v) is 14.2. The molecule has 4 nitrogen and oxygen atoms in total. The molecule has 4 aliphatic rings. The minimum atomic E-state index is 0.127. The van der Waals surface area contributed by atoms with Gasteiger partial charge in [0.2, 0.25) is 0 Å². The second-order valence-corrected chi connectivity index (χ2v) is 7.75. The molecule has 3 aliphatic heterocycles. The molecule has 0 unspecified atom stereocenters. The molecule has 0 spiro atoms. The molecule has 0 aromatic heterocycles. The van der Waals surface area contributed by atoms with E-state index >= 15 is 0 Å². The molecule has 1 amide bonds. The zero-order valence-electron chi connectivity index (χ0n) is 14.2. The molecule has 1 aromatic rings. The smallest absolute Gasteiger partial charge is 0.253 e. The van der Waals surface area contributed by atoms with E-state index in [0.717, 1.165) is 25.6 Å². The first-order chi connectivity index (χ1) is 11.7. The number of amides is 1. The Hall–Kier alpha value is -1.86. The van der Waals surface area contributed by atoms with Gasteiger partial charge in [0.05, 0.1) is 11.6 Å². The largest absolute Gasteiger partial charge is 0.337 e. The summed E-state index contributed by atoms with van der Waals surface area (Å²) in [5, 5.41) is 8.91. The van der Waals surface area contributed by atoms with Gasteiger partial charge in [-0.05, 0) is 61.8 Å². The standard InChI is InChI=1S/C20H25N3O/c21-10-15-4-7-18(8-5-15)20(24)23-13-17-6-9-19(14-23)22(12-17)11-16-2-1-3-16/h4-5,7-8,16-17,19H,1-3,6,9,11-14H2/t17-,19-/m1/s1. The Labute approximate surface area is 144 Å². The molecule has 4 heteroatoms. The average Bonchev–Trinajstić information content (AvgIpc) is 2.89. The molecule has 5 rings (SSSR count). The molecule has 1 aromatic carbocycles. The first-order valence-electron chi connectivity index (χ1n) is 9.26. The van der Waals surface area contributed by atoms with Gasteiger partial charge in [-0.15, -0.1) is 0 Å². The van der Waals surface area contributed by atoms with Crippen LogP contribution in [0.15, 0.2) is 24.3 Å². The summed E-state index contributed by atoms with van der Waals surface area (Å²) in [6.45, 7) is 4.15. The molecular weight excluding hydrogens is 298 g/mol. The summed E-state index contributed by atoms with van der Waals surface area (Å²) in [5.74, 6) is 1.64. The lowest BCUT2D eigenvalue weighted by atomic mass is 9.83. The topological polar surface area (TPSA) is 47.3 Å². The van der Waals surface area contributed by atoms with Gasteiger partial charge in [-0.25, -0.2) is 0 Å². The molecule has 2 atom stereocenters. The van der Waals surface area contributed by atoms with Crippen LogP contribution >= 0.6 is 0 Å². The predicted octanol–water partition coefficient (Wildman–Crippen LogP) is 2.89. The molecule has 1 aliphatic carbocycles. The van der Waals surface area contributed by atoms with E-state index in [1.54, 1.807) is 24.3 Å². The molecule has 126 valence electrons. The van der Waals surface area contributed by atoms with Crippen LogP contribution in [-0.4, -0.2) is 47.9 Å². The fourth-order valence-corrected chi connectivity index (χ4v) is 4.45. The maximum Gasteiger partial charge on any atom is 0.253 e. The van der Waals surface area contributed by atoms with Crippen molar-refractivity contribution in [1.29, 1.82) is 5.26 Å². The third-order valence-corrected chi connectivity index (χ3v) is 6.09. The highest BCUT2D eigenvalue weighted by Crippen LogP contribution is 2.33. The Kier molecular flexibility index (Phi) is 4.28. The lowest BCUT2D eigenvalue weighted by Gasteiger charge is -2.40. The van der Waals surface area contributed by atoms with E-state index in [9.17, 15) is 4.79 Å². The first-order valence-corrected chi connectivity index (χ1v) is 9.26. The van der Waals surface area contributed by atoms with Gasteiger partial charge in [0, 0.05) is 37.8 Å². The van der Waals surface area contributed by atoms with E-state index in [1.807, 2.05) is 0 Å². The Morgan fingerprint density at radius 1 is 1.08 bits per heavy atom. The normalized spacial score (nSPS) is 27.4. The molecule has 0 N–H and O–H groups in total. The summed E-state index contributed by atoms with van der Waals surface area (Å²) in [6.07, 6.45) is 6.66. The van der Waals surface area contributed by atoms with E-state index in [4.69, 9.17) is 5.26 Å². The fraction of sp³-hybridized carbons (Fsp3) is 0.600. The van der Waals surface area contributed by atoms with E-state index in [0.29, 0.717) is 23.1 Å². The van der Waals surface area contributed by atoms with Crippen LogP contribution in [0.3, 0.4) is 0 Å². The summed E-state index contributed by atoms with van der Waals surface area (Å²) < 4.78 is 0. The number of fused-ring (bicyclic) bond motifs is 4. The Morgan fingerprint density at radius 3 is 2.54 bits per heavy atom. The minimum Gasteiger partial charge on any atom is -0.337 e. The second-order valence-electron chi connectivity index (χ2n) is 7.75. The highest BCUT2D eigenvalue weighted by molar-refractivity contribution is 5.94. The number of benzene rings is 1. The van der Waals surface area contributed by atoms with Crippen LogP contribution < -0.4 is 0 Å². The monoisotopic (exact) mass is 323 g/mol. The molecular formula is C20H25N3O. The maximum atomic E-state index is 12.9. The van der Waals surface area contributed by atoms with E-state index < -0.39 is 0 Å². The van der Waals surface area contributed by atoms with Crippen molar-refractivity contribution in [3.05, 3.63) is 35.4 Å². The molecule has 0 radical (unpaired) electrons. The van der Waals surface area contributed by atoms with Gasteiger partial charge >= 0.3 is 0 Å². The Bertz CT molecular complexity index is 644. The number of carbonyl (C=O) groups is 1. The fourth-order valence-electron chi connectivity index (χ4n) is 4.45. The zero-order chi connectivity index (χ0) is 16.5. The Balaban J connectivity index is 1.46. The third kappa shape index (κ3) is 3.06. The highest BCUT2D eigenvalue weighted by atomic mass is 16.2. The van der Waals surface area contributed by atoms with Crippen molar-refractivity contribution < 1.29 is 4.79 Å². The van der Waals surface area contributed by atoms with Crippen molar-refractivity contribution in [2.45, 2.75) is 38.1 Å². The van der Waals surface area contributed by atoms with E-state index in [2.05, 4.69) is 15.9 Å². The van der Waals surface area contributed by atoms with Crippen LogP contribution in [0.2, 0.25) is 0 Å². The van der Waals surface area contributed by atoms with Gasteiger partial charge in [0.1, 0.15) is 0 Å². The summed E-state index contributed by atoms with van der Waals surface area (Å²) in [5.41, 5.74) is 1.31. The van der Waals surface area contributed by atoms with E-state index in [-0.39, 0.29) is 5.91 Å². The SMILES string of the molecule is N#Cc1ccc(C(=O)N2C[C@@H]3CC[C@H](C2)N(CC2CCC2)C3)cc1. The minimum absolute atomic E-state index is 0.127. The summed E-state index contributed by atoms with van der Waals surface area (Å²) in [4.78, 5) is 17.6. The van der Waals surface area contributed by atoms with Gasteiger partial charge in [-0.2, -0.15) is 5.26 Å². The number of nitriles is 1. The third-order valence-electron chi connectivity index (χ3n) is 6.09. The van der Waals surface area contributed by atoms with Crippen LogP contribution in [0.25, 0.3) is 0 Å². The van der Waals surface area contributed by atoms with Gasteiger partial charge in [0.15, 0.2) is 0 Å². The van der Waals surface area contributed by atoms with Crippen molar-refractivity contribution >= 4 is 5.91 Å². The first kappa shape index (κ1) is 15.7. The van der Waals surface area contributed by atoms with Gasteiger partial charge in [0.25, 0.3) is 5.91 Å². The van der Waals surface area contributed by atoms with Gasteiger partial charge in [-0.3, -0.25) is 9.69 Å². The van der Waals surface area contributed by atoms with Crippen LogP contribution in [-0.2, 0) is 0 Å². The number of piperidine rings is 1. The average molecular weight is 323 g/mol. The molecule has 2 bridgehead atoms. The molecule has 4 fully saturated rings. The lowest BCUT2D eigenvalue weighted by molar-refractivity contribution is 0.0717. The predicted molar refractivity (Wildman–Crippen MR) is 92.5 cm³/mol. The molecule has 1 saturated carbocycles. The number of hydrogen-bond donors (Lipinski definition) is 0. The summed E-state index contributed by atoms with van der Waals surface area (Å²) in [7, 11) is 0. The Morgan fingerprint density at radius 2 is 1.88 bits per heavy atom. The lowest BCUT2D eigenvalue weighted by Crippen LogP contribution is -2.47. The second kappa shape index (κ2) is 6.57. The van der Waals surface area contributed by atoms with Gasteiger partial charge in [-0.1, -0.05) is 6.42 Å². The van der Waals surface area contributed by atoms with Crippen molar-refractivity contribution in [2.75, 3.05) is 26.2 Å². The number of hydrogen-bond acceptors (Lipinski definition) is 3. The van der Waals surface area contributed by atoms with Crippen LogP contribution in [0.4, 0.5) is 0 Å². The number of carbonyl (C=O) groups excluding carboxylic acids is 1. The van der Waals surface area contributed by atoms with Crippen LogP contribution in [0, 0.1) is 23.2 Å². The number of rotatable bonds is 3. The number of nitrogens with zero attached hydrogens (tertiary/aromatic N) is 3. The summed E-state index contributed by atoms with van der Waals surface area (Å²) in [6, 6.07) is 9.70. The van der Waals surface area contributed by atoms with Crippen molar-refractivity contribution in [2.24, 2.45) is 11.8 Å². The van der Waals surface area contributed by atoms with Gasteiger partial charge < -0.3 is 4.90 Å². The van der Waals surface area contributed by atoms with Crippen molar-refractivity contribution in [3.63, 3.8) is 0 Å². The highest BCUT2D eigenvalue weighted by Gasteiger charge is 2.37.